The monoisotopic (exact) mass is 255 g/mol. The predicted molar refractivity (Wildman–Crippen MR) is 77.1 cm³/mol. The predicted octanol–water partition coefficient (Wildman–Crippen LogP) is 2.30. The number of nitrogens with one attached hydrogen (secondary N) is 2. The van der Waals surface area contributed by atoms with Crippen LogP contribution < -0.4 is 10.6 Å². The average Bonchev–Trinajstić information content (AvgIpc) is 2.81. The summed E-state index contributed by atoms with van der Waals surface area (Å²) in [5, 5.41) is 6.55. The molecule has 1 aliphatic carbocycles. The zero-order valence-corrected chi connectivity index (χ0v) is 12.2. The van der Waals surface area contributed by atoms with Gasteiger partial charge in [-0.2, -0.15) is 0 Å². The molecule has 106 valence electrons. The largest absolute Gasteiger partial charge is 0.378 e. The maximum Gasteiger partial charge on any atom is 0.191 e. The minimum Gasteiger partial charge on any atom is -0.378 e. The second-order valence-corrected chi connectivity index (χ2v) is 5.19. The van der Waals surface area contributed by atoms with Gasteiger partial charge in [0.1, 0.15) is 0 Å². The molecule has 0 saturated heterocycles. The molecule has 0 atom stereocenters. The Bertz CT molecular complexity index is 235. The van der Waals surface area contributed by atoms with Gasteiger partial charge in [0.2, 0.25) is 0 Å². The smallest absolute Gasteiger partial charge is 0.191 e. The van der Waals surface area contributed by atoms with E-state index < -0.39 is 0 Å². The van der Waals surface area contributed by atoms with Crippen molar-refractivity contribution in [2.45, 2.75) is 65.0 Å². The van der Waals surface area contributed by atoms with E-state index in [-0.39, 0.29) is 0 Å². The average molecular weight is 255 g/mol. The number of ether oxygens (including phenoxy) is 1. The van der Waals surface area contributed by atoms with Crippen LogP contribution in [0.25, 0.3) is 0 Å². The molecule has 0 spiro atoms. The fourth-order valence-corrected chi connectivity index (χ4v) is 2.15. The molecule has 2 N–H and O–H groups in total. The Hall–Kier alpha value is -0.770. The van der Waals surface area contributed by atoms with Crippen LogP contribution in [0.1, 0.15) is 52.9 Å². The SMILES string of the molecule is CCNC(=NCCCOC1CCCC1)NC(C)C. The van der Waals surface area contributed by atoms with Crippen molar-refractivity contribution in [1.29, 1.82) is 0 Å². The number of guanidine groups is 1. The van der Waals surface area contributed by atoms with Gasteiger partial charge in [-0.1, -0.05) is 12.8 Å². The number of hydrogen-bond acceptors (Lipinski definition) is 2. The zero-order chi connectivity index (χ0) is 13.2. The Morgan fingerprint density at radius 3 is 2.67 bits per heavy atom. The number of nitrogens with zero attached hydrogens (tertiary/aromatic N) is 1. The summed E-state index contributed by atoms with van der Waals surface area (Å²) in [5.41, 5.74) is 0. The lowest BCUT2D eigenvalue weighted by Gasteiger charge is -2.14. The summed E-state index contributed by atoms with van der Waals surface area (Å²) >= 11 is 0. The van der Waals surface area contributed by atoms with E-state index in [1.165, 1.54) is 25.7 Å². The maximum atomic E-state index is 5.82. The van der Waals surface area contributed by atoms with E-state index in [4.69, 9.17) is 4.74 Å². The lowest BCUT2D eigenvalue weighted by atomic mass is 10.3. The Kier molecular flexibility index (Phi) is 7.81. The molecule has 4 nitrogen and oxygen atoms in total. The van der Waals surface area contributed by atoms with E-state index in [0.29, 0.717) is 12.1 Å². The molecule has 0 radical (unpaired) electrons. The van der Waals surface area contributed by atoms with Gasteiger partial charge in [0, 0.05) is 25.7 Å². The summed E-state index contributed by atoms with van der Waals surface area (Å²) in [6, 6.07) is 0.414. The van der Waals surface area contributed by atoms with E-state index in [2.05, 4.69) is 36.4 Å². The Balaban J connectivity index is 2.11. The van der Waals surface area contributed by atoms with Gasteiger partial charge in [0.15, 0.2) is 5.96 Å². The standard InChI is InChI=1S/C14H29N3O/c1-4-15-14(17-12(2)3)16-10-7-11-18-13-8-5-6-9-13/h12-13H,4-11H2,1-3H3,(H2,15,16,17). The minimum atomic E-state index is 0.414. The highest BCUT2D eigenvalue weighted by Gasteiger charge is 2.14. The quantitative estimate of drug-likeness (QED) is 0.417. The molecule has 0 heterocycles. The first kappa shape index (κ1) is 15.3. The van der Waals surface area contributed by atoms with Crippen LogP contribution >= 0.6 is 0 Å². The molecule has 0 amide bonds. The van der Waals surface area contributed by atoms with E-state index in [1.54, 1.807) is 0 Å². The number of rotatable bonds is 7. The van der Waals surface area contributed by atoms with Crippen LogP contribution in [0, 0.1) is 0 Å². The summed E-state index contributed by atoms with van der Waals surface area (Å²) in [6.45, 7) is 8.90. The van der Waals surface area contributed by atoms with Gasteiger partial charge in [0.05, 0.1) is 6.10 Å². The van der Waals surface area contributed by atoms with Gasteiger partial charge in [-0.3, -0.25) is 4.99 Å². The molecule has 0 aliphatic heterocycles. The second-order valence-electron chi connectivity index (χ2n) is 5.19. The van der Waals surface area contributed by atoms with Crippen molar-refractivity contribution in [2.24, 2.45) is 4.99 Å². The van der Waals surface area contributed by atoms with Crippen LogP contribution in [0.15, 0.2) is 4.99 Å². The summed E-state index contributed by atoms with van der Waals surface area (Å²) in [4.78, 5) is 4.53. The zero-order valence-electron chi connectivity index (χ0n) is 12.2. The first-order valence-electron chi connectivity index (χ1n) is 7.38. The molecular weight excluding hydrogens is 226 g/mol. The maximum absolute atomic E-state index is 5.82. The van der Waals surface area contributed by atoms with E-state index >= 15 is 0 Å². The topological polar surface area (TPSA) is 45.7 Å². The molecule has 0 unspecified atom stereocenters. The lowest BCUT2D eigenvalue weighted by molar-refractivity contribution is 0.0579. The van der Waals surface area contributed by atoms with Crippen LogP contribution in [0.4, 0.5) is 0 Å². The molecule has 18 heavy (non-hydrogen) atoms. The highest BCUT2D eigenvalue weighted by molar-refractivity contribution is 5.79. The highest BCUT2D eigenvalue weighted by Crippen LogP contribution is 2.20. The van der Waals surface area contributed by atoms with Gasteiger partial charge >= 0.3 is 0 Å². The van der Waals surface area contributed by atoms with Crippen LogP contribution in [0.3, 0.4) is 0 Å². The van der Waals surface area contributed by atoms with E-state index in [0.717, 1.165) is 32.1 Å². The molecule has 1 fully saturated rings. The van der Waals surface area contributed by atoms with Crippen molar-refractivity contribution >= 4 is 5.96 Å². The summed E-state index contributed by atoms with van der Waals surface area (Å²) < 4.78 is 5.82. The minimum absolute atomic E-state index is 0.414. The van der Waals surface area contributed by atoms with Crippen molar-refractivity contribution in [2.75, 3.05) is 19.7 Å². The lowest BCUT2D eigenvalue weighted by Crippen LogP contribution is -2.41. The Morgan fingerprint density at radius 1 is 1.33 bits per heavy atom. The molecular formula is C14H29N3O. The van der Waals surface area contributed by atoms with Crippen LogP contribution in [0.5, 0.6) is 0 Å². The summed E-state index contributed by atoms with van der Waals surface area (Å²) in [6.07, 6.45) is 6.71. The molecule has 1 saturated carbocycles. The van der Waals surface area contributed by atoms with Crippen LogP contribution in [-0.4, -0.2) is 37.8 Å². The van der Waals surface area contributed by atoms with Gasteiger partial charge in [-0.15, -0.1) is 0 Å². The third kappa shape index (κ3) is 6.84. The molecule has 0 aromatic carbocycles. The first-order chi connectivity index (χ1) is 8.72. The molecule has 0 bridgehead atoms. The van der Waals surface area contributed by atoms with Crippen molar-refractivity contribution < 1.29 is 4.74 Å². The van der Waals surface area contributed by atoms with E-state index in [1.807, 2.05) is 0 Å². The molecule has 0 aromatic heterocycles. The molecule has 1 aliphatic rings. The van der Waals surface area contributed by atoms with E-state index in [9.17, 15) is 0 Å². The van der Waals surface area contributed by atoms with Gasteiger partial charge in [-0.05, 0) is 40.0 Å². The van der Waals surface area contributed by atoms with Crippen molar-refractivity contribution in [1.82, 2.24) is 10.6 Å². The molecule has 1 rings (SSSR count). The fraction of sp³-hybridized carbons (Fsp3) is 0.929. The van der Waals surface area contributed by atoms with Gasteiger partial charge in [-0.25, -0.2) is 0 Å². The van der Waals surface area contributed by atoms with Crippen molar-refractivity contribution in [3.8, 4) is 0 Å². The molecule has 0 aromatic rings. The first-order valence-corrected chi connectivity index (χ1v) is 7.38. The van der Waals surface area contributed by atoms with Crippen LogP contribution in [0.2, 0.25) is 0 Å². The third-order valence-corrected chi connectivity index (χ3v) is 3.00. The Morgan fingerprint density at radius 2 is 2.06 bits per heavy atom. The normalized spacial score (nSPS) is 17.4. The summed E-state index contributed by atoms with van der Waals surface area (Å²) in [5.74, 6) is 0.911. The molecule has 4 heteroatoms. The van der Waals surface area contributed by atoms with Gasteiger partial charge in [0.25, 0.3) is 0 Å². The highest BCUT2D eigenvalue weighted by atomic mass is 16.5. The van der Waals surface area contributed by atoms with Crippen molar-refractivity contribution in [3.05, 3.63) is 0 Å². The fourth-order valence-electron chi connectivity index (χ4n) is 2.15. The Labute approximate surface area is 112 Å². The van der Waals surface area contributed by atoms with Crippen LogP contribution in [-0.2, 0) is 4.74 Å². The number of aliphatic imine (C=N–C) groups is 1. The van der Waals surface area contributed by atoms with Crippen molar-refractivity contribution in [3.63, 3.8) is 0 Å². The van der Waals surface area contributed by atoms with Gasteiger partial charge < -0.3 is 15.4 Å². The summed E-state index contributed by atoms with van der Waals surface area (Å²) in [7, 11) is 0. The number of hydrogen-bond donors (Lipinski definition) is 2. The third-order valence-electron chi connectivity index (χ3n) is 3.00. The second kappa shape index (κ2) is 9.20.